The van der Waals surface area contributed by atoms with E-state index in [1.165, 1.54) is 25.0 Å². The molecule has 1 aliphatic carbocycles. The topological polar surface area (TPSA) is 17.8 Å². The number of halogens is 2. The van der Waals surface area contributed by atoms with E-state index >= 15 is 0 Å². The minimum atomic E-state index is -0.857. The van der Waals surface area contributed by atoms with Crippen LogP contribution in [0.25, 0.3) is 17.2 Å². The number of rotatable bonds is 4. The van der Waals surface area contributed by atoms with Crippen LogP contribution in [-0.2, 0) is 6.54 Å². The van der Waals surface area contributed by atoms with Gasteiger partial charge >= 0.3 is 0 Å². The average Bonchev–Trinajstić information content (AvgIpc) is 3.08. The Morgan fingerprint density at radius 2 is 2.05 bits per heavy atom. The molecule has 1 aromatic heterocycles. The second-order valence-corrected chi connectivity index (χ2v) is 4.95. The van der Waals surface area contributed by atoms with Crippen molar-refractivity contribution in [3.05, 3.63) is 48.3 Å². The molecule has 2 aromatic rings. The average molecular weight is 260 g/mol. The molecule has 1 fully saturated rings. The normalized spacial score (nSPS) is 14.6. The number of hydrogen-bond donors (Lipinski definition) is 0. The van der Waals surface area contributed by atoms with Gasteiger partial charge in [-0.25, -0.2) is 8.78 Å². The first kappa shape index (κ1) is 12.1. The van der Waals surface area contributed by atoms with Crippen LogP contribution in [0.4, 0.5) is 8.78 Å². The van der Waals surface area contributed by atoms with Crippen molar-refractivity contribution in [1.82, 2.24) is 9.78 Å². The zero-order valence-electron chi connectivity index (χ0n) is 10.4. The van der Waals surface area contributed by atoms with Gasteiger partial charge in [-0.15, -0.1) is 0 Å². The Labute approximate surface area is 110 Å². The molecule has 3 rings (SSSR count). The maximum Gasteiger partial charge on any atom is 0.159 e. The third-order valence-corrected chi connectivity index (χ3v) is 3.40. The van der Waals surface area contributed by atoms with Crippen molar-refractivity contribution in [2.24, 2.45) is 5.92 Å². The lowest BCUT2D eigenvalue weighted by molar-refractivity contribution is 0.509. The molecule has 98 valence electrons. The number of aromatic nitrogens is 2. The summed E-state index contributed by atoms with van der Waals surface area (Å²) in [6.07, 6.45) is 7.58. The van der Waals surface area contributed by atoms with Crippen LogP contribution in [0.1, 0.15) is 18.4 Å². The molecular formula is C15H14F2N2. The fourth-order valence-electron chi connectivity index (χ4n) is 2.15. The van der Waals surface area contributed by atoms with E-state index in [9.17, 15) is 8.78 Å². The minimum Gasteiger partial charge on any atom is -0.272 e. The van der Waals surface area contributed by atoms with Gasteiger partial charge < -0.3 is 0 Å². The van der Waals surface area contributed by atoms with E-state index in [1.807, 2.05) is 10.9 Å². The van der Waals surface area contributed by atoms with Crippen LogP contribution < -0.4 is 0 Å². The minimum absolute atomic E-state index is 0.574. The van der Waals surface area contributed by atoms with Gasteiger partial charge in [0.1, 0.15) is 0 Å². The molecule has 0 atom stereocenters. The lowest BCUT2D eigenvalue weighted by Gasteiger charge is -2.05. The summed E-state index contributed by atoms with van der Waals surface area (Å²) in [5, 5.41) is 4.27. The molecule has 0 radical (unpaired) electrons. The van der Waals surface area contributed by atoms with Crippen molar-refractivity contribution in [2.75, 3.05) is 0 Å². The van der Waals surface area contributed by atoms with Gasteiger partial charge in [-0.3, -0.25) is 4.68 Å². The first-order chi connectivity index (χ1) is 9.17. The Balaban J connectivity index is 1.97. The first-order valence-corrected chi connectivity index (χ1v) is 6.31. The zero-order valence-corrected chi connectivity index (χ0v) is 10.4. The fraction of sp³-hybridized carbons (Fsp3) is 0.267. The van der Waals surface area contributed by atoms with E-state index in [2.05, 4.69) is 11.7 Å². The molecule has 0 N–H and O–H groups in total. The van der Waals surface area contributed by atoms with Crippen LogP contribution in [0.5, 0.6) is 0 Å². The van der Waals surface area contributed by atoms with Crippen LogP contribution in [0.3, 0.4) is 0 Å². The van der Waals surface area contributed by atoms with E-state index in [1.54, 1.807) is 6.20 Å². The van der Waals surface area contributed by atoms with Crippen molar-refractivity contribution in [1.29, 1.82) is 0 Å². The molecule has 0 bridgehead atoms. The molecule has 2 nitrogen and oxygen atoms in total. The molecule has 1 heterocycles. The van der Waals surface area contributed by atoms with Crippen LogP contribution >= 0.6 is 0 Å². The summed E-state index contributed by atoms with van der Waals surface area (Å²) < 4.78 is 28.4. The largest absolute Gasteiger partial charge is 0.272 e. The summed E-state index contributed by atoms with van der Waals surface area (Å²) in [6, 6.07) is 2.36. The van der Waals surface area contributed by atoms with Crippen LogP contribution in [0, 0.1) is 17.6 Å². The Hall–Kier alpha value is -1.97. The van der Waals surface area contributed by atoms with Crippen molar-refractivity contribution >= 4 is 6.08 Å². The molecule has 0 unspecified atom stereocenters. The molecule has 0 amide bonds. The standard InChI is InChI=1S/C15H14F2N2/c1-2-11-5-14(16)15(17)6-13(11)12-7-18-19(9-12)8-10-3-4-10/h2,5-7,9-10H,1,3-4,8H2. The van der Waals surface area contributed by atoms with Crippen LogP contribution in [0.2, 0.25) is 0 Å². The van der Waals surface area contributed by atoms with E-state index in [0.29, 0.717) is 11.1 Å². The van der Waals surface area contributed by atoms with E-state index in [0.717, 1.165) is 24.1 Å². The number of nitrogens with zero attached hydrogens (tertiary/aromatic N) is 2. The van der Waals surface area contributed by atoms with Gasteiger partial charge in [-0.2, -0.15) is 5.10 Å². The smallest absolute Gasteiger partial charge is 0.159 e. The Morgan fingerprint density at radius 1 is 1.32 bits per heavy atom. The monoisotopic (exact) mass is 260 g/mol. The Kier molecular flexibility index (Phi) is 2.93. The predicted molar refractivity (Wildman–Crippen MR) is 70.4 cm³/mol. The number of benzene rings is 1. The quantitative estimate of drug-likeness (QED) is 0.815. The molecule has 1 aromatic carbocycles. The molecule has 4 heteroatoms. The van der Waals surface area contributed by atoms with Crippen molar-refractivity contribution in [3.8, 4) is 11.1 Å². The third-order valence-electron chi connectivity index (χ3n) is 3.40. The van der Waals surface area contributed by atoms with Gasteiger partial charge in [-0.05, 0) is 42.0 Å². The molecule has 0 aliphatic heterocycles. The van der Waals surface area contributed by atoms with Gasteiger partial charge in [-0.1, -0.05) is 12.7 Å². The van der Waals surface area contributed by atoms with Crippen LogP contribution in [0.15, 0.2) is 31.1 Å². The molecule has 0 saturated heterocycles. The molecule has 1 saturated carbocycles. The summed E-state index contributed by atoms with van der Waals surface area (Å²) in [4.78, 5) is 0. The SMILES string of the molecule is C=Cc1cc(F)c(F)cc1-c1cnn(CC2CC2)c1. The van der Waals surface area contributed by atoms with Crippen molar-refractivity contribution in [2.45, 2.75) is 19.4 Å². The molecular weight excluding hydrogens is 246 g/mol. The molecule has 1 aliphatic rings. The van der Waals surface area contributed by atoms with Gasteiger partial charge in [0.15, 0.2) is 11.6 Å². The van der Waals surface area contributed by atoms with E-state index < -0.39 is 11.6 Å². The van der Waals surface area contributed by atoms with Gasteiger partial charge in [0.2, 0.25) is 0 Å². The van der Waals surface area contributed by atoms with E-state index in [4.69, 9.17) is 0 Å². The highest BCUT2D eigenvalue weighted by Gasteiger charge is 2.22. The highest BCUT2D eigenvalue weighted by atomic mass is 19.2. The summed E-state index contributed by atoms with van der Waals surface area (Å²) >= 11 is 0. The maximum atomic E-state index is 13.4. The summed E-state index contributed by atoms with van der Waals surface area (Å²) in [7, 11) is 0. The summed E-state index contributed by atoms with van der Waals surface area (Å²) in [6.45, 7) is 4.53. The van der Waals surface area contributed by atoms with Crippen molar-refractivity contribution in [3.63, 3.8) is 0 Å². The zero-order chi connectivity index (χ0) is 13.4. The highest BCUT2D eigenvalue weighted by molar-refractivity contribution is 5.74. The van der Waals surface area contributed by atoms with Gasteiger partial charge in [0.25, 0.3) is 0 Å². The highest BCUT2D eigenvalue weighted by Crippen LogP contribution is 2.31. The second-order valence-electron chi connectivity index (χ2n) is 4.95. The molecule has 19 heavy (non-hydrogen) atoms. The lowest BCUT2D eigenvalue weighted by Crippen LogP contribution is -1.99. The summed E-state index contributed by atoms with van der Waals surface area (Å²) in [5.74, 6) is -0.990. The Morgan fingerprint density at radius 3 is 2.74 bits per heavy atom. The first-order valence-electron chi connectivity index (χ1n) is 6.31. The number of hydrogen-bond acceptors (Lipinski definition) is 1. The van der Waals surface area contributed by atoms with Crippen LogP contribution in [-0.4, -0.2) is 9.78 Å². The Bertz CT molecular complexity index is 627. The maximum absolute atomic E-state index is 13.4. The second kappa shape index (κ2) is 4.61. The fourth-order valence-corrected chi connectivity index (χ4v) is 2.15. The van der Waals surface area contributed by atoms with Gasteiger partial charge in [0, 0.05) is 18.3 Å². The third kappa shape index (κ3) is 2.43. The summed E-state index contributed by atoms with van der Waals surface area (Å²) in [5.41, 5.74) is 1.98. The predicted octanol–water partition coefficient (Wildman–Crippen LogP) is 3.88. The van der Waals surface area contributed by atoms with Crippen molar-refractivity contribution < 1.29 is 8.78 Å². The van der Waals surface area contributed by atoms with E-state index in [-0.39, 0.29) is 0 Å². The molecule has 0 spiro atoms. The van der Waals surface area contributed by atoms with Gasteiger partial charge in [0.05, 0.1) is 6.20 Å². The lowest BCUT2D eigenvalue weighted by atomic mass is 10.0.